The molecule has 0 radical (unpaired) electrons. The Balaban J connectivity index is 1.70. The third-order valence-corrected chi connectivity index (χ3v) is 5.88. The van der Waals surface area contributed by atoms with Gasteiger partial charge in [-0.15, -0.1) is 0 Å². The van der Waals surface area contributed by atoms with Crippen molar-refractivity contribution in [2.75, 3.05) is 10.6 Å². The van der Waals surface area contributed by atoms with Crippen molar-refractivity contribution in [2.24, 2.45) is 5.73 Å². The maximum Gasteiger partial charge on any atom is 0.335 e. The van der Waals surface area contributed by atoms with E-state index in [0.717, 1.165) is 5.56 Å². The molecule has 0 saturated heterocycles. The smallest absolute Gasteiger partial charge is 0.335 e. The predicted molar refractivity (Wildman–Crippen MR) is 147 cm³/mol. The molecule has 4 rings (SSSR count). The van der Waals surface area contributed by atoms with E-state index in [9.17, 15) is 14.7 Å². The Hall–Kier alpha value is -4.27. The average Bonchev–Trinajstić information content (AvgIpc) is 2.88. The van der Waals surface area contributed by atoms with Crippen molar-refractivity contribution in [3.8, 4) is 11.3 Å². The molecule has 0 aliphatic heterocycles. The van der Waals surface area contributed by atoms with Gasteiger partial charge in [0, 0.05) is 40.6 Å². The van der Waals surface area contributed by atoms with Crippen LogP contribution in [-0.2, 0) is 6.42 Å². The van der Waals surface area contributed by atoms with Crippen molar-refractivity contribution in [2.45, 2.75) is 12.6 Å². The van der Waals surface area contributed by atoms with E-state index in [0.29, 0.717) is 34.1 Å². The molecule has 0 aliphatic carbocycles. The Kier molecular flexibility index (Phi) is 8.12. The Morgan fingerprint density at radius 1 is 1.08 bits per heavy atom. The van der Waals surface area contributed by atoms with Crippen LogP contribution in [0.1, 0.15) is 22.1 Å². The lowest BCUT2D eigenvalue weighted by atomic mass is 10.1. The van der Waals surface area contributed by atoms with E-state index >= 15 is 0 Å². The molecule has 0 bridgehead atoms. The van der Waals surface area contributed by atoms with Crippen molar-refractivity contribution < 1.29 is 9.90 Å². The van der Waals surface area contributed by atoms with Gasteiger partial charge < -0.3 is 21.5 Å². The average molecular weight is 536 g/mol. The Bertz CT molecular complexity index is 1480. The first-order chi connectivity index (χ1) is 17.8. The highest BCUT2D eigenvalue weighted by Crippen LogP contribution is 2.29. The lowest BCUT2D eigenvalue weighted by Gasteiger charge is -2.23. The summed E-state index contributed by atoms with van der Waals surface area (Å²) in [5.41, 5.74) is 8.70. The molecule has 4 aromatic rings. The van der Waals surface area contributed by atoms with Gasteiger partial charge in [0.25, 0.3) is 5.56 Å². The first-order valence-corrected chi connectivity index (χ1v) is 12.0. The molecule has 1 unspecified atom stereocenters. The second-order valence-electron chi connectivity index (χ2n) is 8.12. The van der Waals surface area contributed by atoms with Gasteiger partial charge in [-0.25, -0.2) is 9.78 Å². The number of nitrogens with one attached hydrogen (secondary N) is 2. The molecule has 5 N–H and O–H groups in total. The number of hydrogen-bond donors (Lipinski definition) is 4. The van der Waals surface area contributed by atoms with Gasteiger partial charge in [-0.05, 0) is 48.0 Å². The minimum Gasteiger partial charge on any atom is -0.478 e. The van der Waals surface area contributed by atoms with Crippen molar-refractivity contribution >= 4 is 40.5 Å². The minimum absolute atomic E-state index is 0.0653. The molecule has 0 saturated carbocycles. The molecule has 10 heteroatoms. The van der Waals surface area contributed by atoms with Gasteiger partial charge in [0.2, 0.25) is 0 Å². The van der Waals surface area contributed by atoms with Crippen molar-refractivity contribution in [1.29, 1.82) is 0 Å². The quantitative estimate of drug-likeness (QED) is 0.208. The fourth-order valence-corrected chi connectivity index (χ4v) is 3.98. The van der Waals surface area contributed by atoms with Gasteiger partial charge in [-0.3, -0.25) is 9.36 Å². The molecule has 0 spiro atoms. The van der Waals surface area contributed by atoms with Gasteiger partial charge in [-0.1, -0.05) is 53.5 Å². The highest BCUT2D eigenvalue weighted by atomic mass is 35.5. The van der Waals surface area contributed by atoms with E-state index in [1.165, 1.54) is 35.3 Å². The second-order valence-corrected chi connectivity index (χ2v) is 8.99. The number of anilines is 2. The third-order valence-electron chi connectivity index (χ3n) is 5.53. The van der Waals surface area contributed by atoms with Gasteiger partial charge in [-0.2, -0.15) is 0 Å². The lowest BCUT2D eigenvalue weighted by molar-refractivity contribution is 0.0697. The van der Waals surface area contributed by atoms with E-state index < -0.39 is 12.1 Å². The number of hydrogen-bond acceptors (Lipinski definition) is 6. The summed E-state index contributed by atoms with van der Waals surface area (Å²) in [6, 6.07) is 22.6. The highest BCUT2D eigenvalue weighted by molar-refractivity contribution is 6.31. The summed E-state index contributed by atoms with van der Waals surface area (Å²) in [6.45, 7) is 0. The SMILES string of the molecule is N/C(Cl)=C\Nc1ccc(Cl)cc1-c1cc(=O)n(C(Cc2ccccc2)Nc2ccc(C(=O)O)cc2)cn1. The Morgan fingerprint density at radius 3 is 2.46 bits per heavy atom. The first kappa shape index (κ1) is 25.8. The number of carboxylic acid groups (broad SMARTS) is 1. The van der Waals surface area contributed by atoms with Crippen LogP contribution in [0.2, 0.25) is 5.02 Å². The molecular formula is C27H23Cl2N5O3. The third kappa shape index (κ3) is 6.69. The van der Waals surface area contributed by atoms with E-state index in [1.807, 2.05) is 30.3 Å². The van der Waals surface area contributed by atoms with E-state index in [4.69, 9.17) is 28.9 Å². The summed E-state index contributed by atoms with van der Waals surface area (Å²) in [5, 5.41) is 16.0. The first-order valence-electron chi connectivity index (χ1n) is 11.2. The summed E-state index contributed by atoms with van der Waals surface area (Å²) >= 11 is 12.0. The molecule has 0 amide bonds. The Morgan fingerprint density at radius 2 is 1.81 bits per heavy atom. The van der Waals surface area contributed by atoms with Gasteiger partial charge in [0.15, 0.2) is 0 Å². The second kappa shape index (κ2) is 11.6. The van der Waals surface area contributed by atoms with E-state index in [1.54, 1.807) is 30.3 Å². The molecule has 188 valence electrons. The lowest BCUT2D eigenvalue weighted by Crippen LogP contribution is -2.31. The highest BCUT2D eigenvalue weighted by Gasteiger charge is 2.16. The maximum atomic E-state index is 13.3. The number of halogens is 2. The van der Waals surface area contributed by atoms with Crippen molar-refractivity contribution in [3.63, 3.8) is 0 Å². The monoisotopic (exact) mass is 535 g/mol. The fraction of sp³-hybridized carbons (Fsp3) is 0.0741. The largest absolute Gasteiger partial charge is 0.478 e. The molecular weight excluding hydrogens is 513 g/mol. The molecule has 37 heavy (non-hydrogen) atoms. The fourth-order valence-electron chi connectivity index (χ4n) is 3.75. The molecule has 0 fully saturated rings. The van der Waals surface area contributed by atoms with Gasteiger partial charge in [0.1, 0.15) is 11.3 Å². The van der Waals surface area contributed by atoms with Crippen LogP contribution in [-0.4, -0.2) is 20.6 Å². The number of carbonyl (C=O) groups is 1. The van der Waals surface area contributed by atoms with Crippen molar-refractivity contribution in [1.82, 2.24) is 9.55 Å². The topological polar surface area (TPSA) is 122 Å². The number of benzene rings is 3. The van der Waals surface area contributed by atoms with Gasteiger partial charge >= 0.3 is 5.97 Å². The van der Waals surface area contributed by atoms with Crippen LogP contribution < -0.4 is 21.9 Å². The molecule has 8 nitrogen and oxygen atoms in total. The number of rotatable bonds is 9. The molecule has 0 aliphatic rings. The Labute approximate surface area is 223 Å². The molecule has 1 heterocycles. The summed E-state index contributed by atoms with van der Waals surface area (Å²) < 4.78 is 1.50. The van der Waals surface area contributed by atoms with E-state index in [-0.39, 0.29) is 16.3 Å². The summed E-state index contributed by atoms with van der Waals surface area (Å²) in [5.74, 6) is -1.01. The zero-order valence-corrected chi connectivity index (χ0v) is 20.9. The molecule has 1 aromatic heterocycles. The number of nitrogens with two attached hydrogens (primary N) is 1. The molecule has 3 aromatic carbocycles. The predicted octanol–water partition coefficient (Wildman–Crippen LogP) is 5.52. The van der Waals surface area contributed by atoms with Crippen LogP contribution >= 0.6 is 23.2 Å². The van der Waals surface area contributed by atoms with Crippen LogP contribution in [0, 0.1) is 0 Å². The number of aromatic carboxylic acids is 1. The maximum absolute atomic E-state index is 13.3. The zero-order valence-electron chi connectivity index (χ0n) is 19.4. The van der Waals surface area contributed by atoms with Crippen molar-refractivity contribution in [3.05, 3.63) is 123 Å². The minimum atomic E-state index is -1.01. The number of aromatic nitrogens is 2. The summed E-state index contributed by atoms with van der Waals surface area (Å²) in [6.07, 6.45) is 2.88. The van der Waals surface area contributed by atoms with Crippen LogP contribution in [0.25, 0.3) is 11.3 Å². The standard InChI is InChI=1S/C27H23Cl2N5O3/c28-19-8-11-22(31-15-24(29)30)21(13-19)23-14-26(35)34(16-32-23)25(12-17-4-2-1-3-5-17)33-20-9-6-18(7-10-20)27(36)37/h1-11,13-16,25,31,33H,12,30H2,(H,36,37)/b24-15-. The van der Waals surface area contributed by atoms with Crippen LogP contribution in [0.15, 0.2) is 101 Å². The zero-order chi connectivity index (χ0) is 26.4. The number of nitrogens with zero attached hydrogens (tertiary/aromatic N) is 2. The van der Waals surface area contributed by atoms with Crippen LogP contribution in [0.5, 0.6) is 0 Å². The van der Waals surface area contributed by atoms with Crippen LogP contribution in [0.4, 0.5) is 11.4 Å². The normalized spacial score (nSPS) is 12.1. The summed E-state index contributed by atoms with van der Waals surface area (Å²) in [4.78, 5) is 29.1. The summed E-state index contributed by atoms with van der Waals surface area (Å²) in [7, 11) is 0. The van der Waals surface area contributed by atoms with E-state index in [2.05, 4.69) is 15.6 Å². The molecule has 1 atom stereocenters. The van der Waals surface area contributed by atoms with Gasteiger partial charge in [0.05, 0.1) is 17.6 Å². The number of carboxylic acids is 1. The van der Waals surface area contributed by atoms with Crippen LogP contribution in [0.3, 0.4) is 0 Å².